The highest BCUT2D eigenvalue weighted by Crippen LogP contribution is 2.08. The number of rotatable bonds is 0. The number of hydrogen-bond donors (Lipinski definition) is 1. The van der Waals surface area contributed by atoms with Gasteiger partial charge < -0.3 is 9.55 Å². The Labute approximate surface area is 78.6 Å². The van der Waals surface area contributed by atoms with Crippen LogP contribution in [0.25, 0.3) is 16.8 Å². The van der Waals surface area contributed by atoms with Crippen LogP contribution >= 0.6 is 0 Å². The summed E-state index contributed by atoms with van der Waals surface area (Å²) in [6, 6.07) is 1.80. The summed E-state index contributed by atoms with van der Waals surface area (Å²) >= 11 is 0. The molecule has 0 radical (unpaired) electrons. The van der Waals surface area contributed by atoms with Crippen molar-refractivity contribution in [3.63, 3.8) is 0 Å². The van der Waals surface area contributed by atoms with Gasteiger partial charge in [0.05, 0.1) is 5.39 Å². The lowest BCUT2D eigenvalue weighted by molar-refractivity contribution is 0.941. The van der Waals surface area contributed by atoms with Gasteiger partial charge in [-0.05, 0) is 6.07 Å². The Kier molecular flexibility index (Phi) is 1.19. The van der Waals surface area contributed by atoms with E-state index in [4.69, 9.17) is 0 Å². The minimum atomic E-state index is -0.0353. The quantitative estimate of drug-likeness (QED) is 0.559. The molecular weight excluding hydrogens is 180 g/mol. The van der Waals surface area contributed by atoms with Gasteiger partial charge in [0.1, 0.15) is 5.65 Å². The van der Waals surface area contributed by atoms with Crippen LogP contribution in [0, 0.1) is 0 Å². The van der Waals surface area contributed by atoms with Crippen LogP contribution in [-0.2, 0) is 7.05 Å². The van der Waals surface area contributed by atoms with E-state index in [0.29, 0.717) is 11.2 Å². The molecule has 0 aromatic carbocycles. The van der Waals surface area contributed by atoms with Crippen molar-refractivity contribution in [3.05, 3.63) is 35.0 Å². The fourth-order valence-corrected chi connectivity index (χ4v) is 1.65. The molecule has 0 bridgehead atoms. The number of aromatic amines is 1. The van der Waals surface area contributed by atoms with Gasteiger partial charge in [0, 0.05) is 25.6 Å². The van der Waals surface area contributed by atoms with Gasteiger partial charge in [-0.3, -0.25) is 9.20 Å². The van der Waals surface area contributed by atoms with Gasteiger partial charge in [-0.2, -0.15) is 0 Å². The summed E-state index contributed by atoms with van der Waals surface area (Å²) in [6.07, 6.45) is 5.11. The molecule has 3 aromatic heterocycles. The molecule has 1 N–H and O–H groups in total. The van der Waals surface area contributed by atoms with E-state index in [1.807, 2.05) is 17.8 Å². The molecule has 0 aliphatic heterocycles. The Morgan fingerprint density at radius 3 is 3.14 bits per heavy atom. The molecule has 5 nitrogen and oxygen atoms in total. The fourth-order valence-electron chi connectivity index (χ4n) is 1.65. The Morgan fingerprint density at radius 2 is 2.29 bits per heavy atom. The Balaban J connectivity index is 2.72. The van der Waals surface area contributed by atoms with Crippen molar-refractivity contribution < 1.29 is 0 Å². The second kappa shape index (κ2) is 2.25. The summed E-state index contributed by atoms with van der Waals surface area (Å²) in [5.41, 5.74) is 0.764. The Morgan fingerprint density at radius 1 is 1.43 bits per heavy atom. The smallest absolute Gasteiger partial charge is 0.268 e. The lowest BCUT2D eigenvalue weighted by Gasteiger charge is -1.97. The summed E-state index contributed by atoms with van der Waals surface area (Å²) < 4.78 is 3.37. The third-order valence-corrected chi connectivity index (χ3v) is 2.39. The molecular formula is C9H8N4O. The molecule has 0 spiro atoms. The number of aryl methyl sites for hydroxylation is 1. The average Bonchev–Trinajstić information content (AvgIpc) is 2.75. The molecule has 0 atom stereocenters. The van der Waals surface area contributed by atoms with Gasteiger partial charge in [0.15, 0.2) is 0 Å². The van der Waals surface area contributed by atoms with Crippen LogP contribution in [0.4, 0.5) is 0 Å². The molecule has 0 saturated carbocycles. The number of nitrogens with one attached hydrogen (secondary N) is 1. The van der Waals surface area contributed by atoms with Crippen molar-refractivity contribution in [1.82, 2.24) is 18.9 Å². The number of aromatic nitrogens is 4. The van der Waals surface area contributed by atoms with Gasteiger partial charge in [0.2, 0.25) is 5.78 Å². The van der Waals surface area contributed by atoms with Crippen LogP contribution in [0.2, 0.25) is 0 Å². The predicted molar refractivity (Wildman–Crippen MR) is 52.3 cm³/mol. The zero-order valence-corrected chi connectivity index (χ0v) is 7.56. The molecule has 0 aliphatic carbocycles. The maximum Gasteiger partial charge on any atom is 0.268 e. The number of nitrogens with zero attached hydrogens (tertiary/aromatic N) is 3. The van der Waals surface area contributed by atoms with E-state index in [2.05, 4.69) is 9.97 Å². The average molecular weight is 188 g/mol. The first-order valence-electron chi connectivity index (χ1n) is 4.28. The van der Waals surface area contributed by atoms with Crippen molar-refractivity contribution in [2.24, 2.45) is 7.05 Å². The van der Waals surface area contributed by atoms with Crippen LogP contribution in [0.1, 0.15) is 0 Å². The van der Waals surface area contributed by atoms with Gasteiger partial charge >= 0.3 is 0 Å². The molecule has 3 heterocycles. The molecule has 5 heteroatoms. The normalized spacial score (nSPS) is 11.5. The van der Waals surface area contributed by atoms with Crippen LogP contribution in [0.5, 0.6) is 0 Å². The molecule has 0 aliphatic rings. The van der Waals surface area contributed by atoms with E-state index in [9.17, 15) is 4.79 Å². The topological polar surface area (TPSA) is 55.1 Å². The summed E-state index contributed by atoms with van der Waals surface area (Å²) in [7, 11) is 1.89. The SMILES string of the molecule is Cn1ccc2c(=O)n3ccnc3[nH]c21. The highest BCUT2D eigenvalue weighted by molar-refractivity contribution is 5.76. The van der Waals surface area contributed by atoms with Gasteiger partial charge in [-0.25, -0.2) is 4.98 Å². The van der Waals surface area contributed by atoms with E-state index < -0.39 is 0 Å². The molecule has 3 rings (SSSR count). The van der Waals surface area contributed by atoms with E-state index in [1.54, 1.807) is 18.5 Å². The zero-order valence-electron chi connectivity index (χ0n) is 7.56. The highest BCUT2D eigenvalue weighted by Gasteiger charge is 2.06. The van der Waals surface area contributed by atoms with Crippen molar-refractivity contribution in [2.45, 2.75) is 0 Å². The summed E-state index contributed by atoms with van der Waals surface area (Å²) in [4.78, 5) is 19.0. The maximum atomic E-state index is 11.9. The second-order valence-electron chi connectivity index (χ2n) is 3.24. The minimum Gasteiger partial charge on any atom is -0.337 e. The molecule has 70 valence electrons. The first-order chi connectivity index (χ1) is 6.77. The van der Waals surface area contributed by atoms with E-state index in [1.165, 1.54) is 4.40 Å². The Bertz CT molecular complexity index is 673. The summed E-state index contributed by atoms with van der Waals surface area (Å²) in [6.45, 7) is 0. The Hall–Kier alpha value is -2.04. The van der Waals surface area contributed by atoms with E-state index >= 15 is 0 Å². The minimum absolute atomic E-state index is 0.0353. The molecule has 0 saturated heterocycles. The van der Waals surface area contributed by atoms with Crippen LogP contribution in [0.15, 0.2) is 29.5 Å². The third kappa shape index (κ3) is 0.736. The monoisotopic (exact) mass is 188 g/mol. The number of H-pyrrole nitrogens is 1. The van der Waals surface area contributed by atoms with Gasteiger partial charge in [-0.1, -0.05) is 0 Å². The molecule has 14 heavy (non-hydrogen) atoms. The summed E-state index contributed by atoms with van der Waals surface area (Å²) in [5, 5.41) is 0.679. The fraction of sp³-hybridized carbons (Fsp3) is 0.111. The second-order valence-corrected chi connectivity index (χ2v) is 3.24. The zero-order chi connectivity index (χ0) is 9.71. The predicted octanol–water partition coefficient (Wildman–Crippen LogP) is 0.514. The highest BCUT2D eigenvalue weighted by atomic mass is 16.1. The van der Waals surface area contributed by atoms with Crippen molar-refractivity contribution in [2.75, 3.05) is 0 Å². The van der Waals surface area contributed by atoms with Gasteiger partial charge in [-0.15, -0.1) is 0 Å². The number of hydrogen-bond acceptors (Lipinski definition) is 2. The van der Waals surface area contributed by atoms with Crippen LogP contribution < -0.4 is 5.56 Å². The van der Waals surface area contributed by atoms with Crippen molar-refractivity contribution in [1.29, 1.82) is 0 Å². The molecule has 3 aromatic rings. The van der Waals surface area contributed by atoms with E-state index in [0.717, 1.165) is 5.65 Å². The molecule has 0 fully saturated rings. The van der Waals surface area contributed by atoms with Gasteiger partial charge in [0.25, 0.3) is 5.56 Å². The molecule has 0 unspecified atom stereocenters. The largest absolute Gasteiger partial charge is 0.337 e. The maximum absolute atomic E-state index is 11.9. The summed E-state index contributed by atoms with van der Waals surface area (Å²) in [5.74, 6) is 0.573. The first kappa shape index (κ1) is 7.37. The molecule has 0 amide bonds. The standard InChI is InChI=1S/C9H8N4O/c1-12-4-2-6-7(12)11-9-10-3-5-13(9)8(6)14/h2-5H,1H3,(H,10,11). The van der Waals surface area contributed by atoms with E-state index in [-0.39, 0.29) is 5.56 Å². The lowest BCUT2D eigenvalue weighted by Crippen LogP contribution is -2.13. The van der Waals surface area contributed by atoms with Crippen LogP contribution in [-0.4, -0.2) is 18.9 Å². The third-order valence-electron chi connectivity index (χ3n) is 2.39. The number of fused-ring (bicyclic) bond motifs is 2. The lowest BCUT2D eigenvalue weighted by atomic mass is 10.4. The first-order valence-corrected chi connectivity index (χ1v) is 4.28. The van der Waals surface area contributed by atoms with Crippen molar-refractivity contribution in [3.8, 4) is 0 Å². The number of imidazole rings is 1. The van der Waals surface area contributed by atoms with Crippen LogP contribution in [0.3, 0.4) is 0 Å². The van der Waals surface area contributed by atoms with Crippen molar-refractivity contribution >= 4 is 16.8 Å².